The molecule has 0 saturated heterocycles. The molecule has 0 fully saturated rings. The van der Waals surface area contributed by atoms with Gasteiger partial charge in [-0.3, -0.25) is 0 Å². The van der Waals surface area contributed by atoms with E-state index in [0.717, 1.165) is 6.42 Å². The summed E-state index contributed by atoms with van der Waals surface area (Å²) in [6.07, 6.45) is 5.75. The van der Waals surface area contributed by atoms with Crippen LogP contribution < -0.4 is 0 Å². The van der Waals surface area contributed by atoms with Gasteiger partial charge in [-0.15, -0.1) is 0 Å². The average Bonchev–Trinajstić information content (AvgIpc) is 2.80. The molecule has 0 atom stereocenters. The van der Waals surface area contributed by atoms with E-state index in [1.807, 2.05) is 6.07 Å². The second-order valence-corrected chi connectivity index (χ2v) is 4.89. The van der Waals surface area contributed by atoms with Gasteiger partial charge in [0.25, 0.3) is 0 Å². The van der Waals surface area contributed by atoms with Crippen molar-refractivity contribution in [3.8, 4) is 11.3 Å². The molecule has 0 amide bonds. The van der Waals surface area contributed by atoms with Crippen LogP contribution >= 0.6 is 0 Å². The zero-order chi connectivity index (χ0) is 22.1. The summed E-state index contributed by atoms with van der Waals surface area (Å²) < 4.78 is 38.8. The molecule has 0 spiro atoms. The summed E-state index contributed by atoms with van der Waals surface area (Å²) in [7, 11) is 0. The van der Waals surface area contributed by atoms with Crippen molar-refractivity contribution in [2.75, 3.05) is 0 Å². The van der Waals surface area contributed by atoms with Gasteiger partial charge < -0.3 is 0 Å². The van der Waals surface area contributed by atoms with Crippen LogP contribution in [0.3, 0.4) is 0 Å². The number of pyridine rings is 1. The minimum absolute atomic E-state index is 1.14. The summed E-state index contributed by atoms with van der Waals surface area (Å²) in [5, 5.41) is 0. The van der Waals surface area contributed by atoms with E-state index in [-0.39, 0.29) is 0 Å². The van der Waals surface area contributed by atoms with Crippen LogP contribution in [0.15, 0.2) is 42.6 Å². The molecule has 0 aliphatic heterocycles. The Balaban J connectivity index is -0.000000230. The van der Waals surface area contributed by atoms with Crippen LogP contribution in [0.2, 0.25) is 0 Å². The molecule has 2 rings (SSSR count). The van der Waals surface area contributed by atoms with Crippen molar-refractivity contribution in [3.05, 3.63) is 85.4 Å². The Hall–Kier alpha value is -2.40. The molecule has 27 heavy (non-hydrogen) atoms. The van der Waals surface area contributed by atoms with Crippen LogP contribution in [0.1, 0.15) is 25.3 Å². The molecular formula is C20H17CrNO5. The predicted molar refractivity (Wildman–Crippen MR) is 87.7 cm³/mol. The monoisotopic (exact) mass is 403 g/mol. The molecule has 1 N–H and O–H groups in total. The van der Waals surface area contributed by atoms with Crippen LogP contribution in [0.4, 0.5) is 0 Å². The number of nitrogens with one attached hydrogen (secondary N) is 1. The first-order chi connectivity index (χ1) is 13.3. The van der Waals surface area contributed by atoms with E-state index < -0.39 is 0 Å². The quantitative estimate of drug-likeness (QED) is 0.589. The molecule has 6 nitrogen and oxygen atoms in total. The molecule has 2 aromatic rings. The van der Waals surface area contributed by atoms with Crippen molar-refractivity contribution >= 4 is 0 Å². The molecule has 0 aliphatic rings. The van der Waals surface area contributed by atoms with Gasteiger partial charge in [-0.2, -0.15) is 0 Å². The van der Waals surface area contributed by atoms with Gasteiger partial charge in [0.1, 0.15) is 0 Å². The first kappa shape index (κ1) is 32.3. The fourth-order valence-corrected chi connectivity index (χ4v) is 2.28. The maximum atomic E-state index is 7.50. The predicted octanol–water partition coefficient (Wildman–Crippen LogP) is 3.92. The molecule has 0 radical (unpaired) electrons. The normalized spacial score (nSPS) is 6.93. The van der Waals surface area contributed by atoms with Gasteiger partial charge in [0.05, 0.1) is 0 Å². The third-order valence-corrected chi connectivity index (χ3v) is 3.47. The van der Waals surface area contributed by atoms with Crippen LogP contribution in [0.5, 0.6) is 0 Å². The summed E-state index contributed by atoms with van der Waals surface area (Å²) in [6.45, 7) is 24.7. The Labute approximate surface area is 167 Å². The zero-order valence-electron chi connectivity index (χ0n) is 14.6. The molecule has 1 aromatic heterocycles. The number of H-pyrrole nitrogens is 1. The summed E-state index contributed by atoms with van der Waals surface area (Å²) in [6, 6.07) is 12.6. The van der Waals surface area contributed by atoms with Gasteiger partial charge in [0.2, 0.25) is 0 Å². The van der Waals surface area contributed by atoms with Gasteiger partial charge in [-0.25, -0.2) is 0 Å². The minimum atomic E-state index is 1.14. The Bertz CT molecular complexity index is 708. The molecule has 0 aliphatic carbocycles. The number of unbranched alkanes of at least 4 members (excludes halogenated alkanes) is 1. The average molecular weight is 403 g/mol. The maximum absolute atomic E-state index is 7.50. The first-order valence-electron chi connectivity index (χ1n) is 7.10. The third-order valence-electron chi connectivity index (χ3n) is 2.88. The zero-order valence-corrected chi connectivity index (χ0v) is 15.9. The van der Waals surface area contributed by atoms with E-state index in [9.17, 15) is 0 Å². The number of hydrogen-bond acceptors (Lipinski definition) is 0. The van der Waals surface area contributed by atoms with Gasteiger partial charge in [-0.1, -0.05) is 0 Å². The van der Waals surface area contributed by atoms with Gasteiger partial charge in [0, 0.05) is 0 Å². The van der Waals surface area contributed by atoms with Crippen molar-refractivity contribution in [2.45, 2.75) is 26.2 Å². The van der Waals surface area contributed by atoms with Gasteiger partial charge in [-0.05, 0) is 0 Å². The summed E-state index contributed by atoms with van der Waals surface area (Å²) in [4.78, 5) is 3.38. The van der Waals surface area contributed by atoms with Crippen LogP contribution in [0, 0.1) is 37.3 Å². The van der Waals surface area contributed by atoms with E-state index in [2.05, 4.69) is 97.5 Å². The van der Waals surface area contributed by atoms with E-state index >= 15 is 0 Å². The molecule has 1 heterocycles. The number of benzene rings is 1. The molecule has 0 saturated carbocycles. The van der Waals surface area contributed by atoms with Crippen molar-refractivity contribution < 1.29 is 39.1 Å². The third kappa shape index (κ3) is 15.6. The van der Waals surface area contributed by atoms with Crippen LogP contribution in [0.25, 0.3) is 11.3 Å². The topological polar surface area (TPSA) is 115 Å². The number of hydrogen-bond donors (Lipinski definition) is 1. The van der Waals surface area contributed by atoms with Crippen molar-refractivity contribution in [2.24, 2.45) is 0 Å². The Morgan fingerprint density at radius 1 is 0.852 bits per heavy atom. The summed E-state index contributed by atoms with van der Waals surface area (Å²) >= 11 is 3.17. The van der Waals surface area contributed by atoms with Crippen LogP contribution in [-0.4, -0.2) is 4.98 Å². The van der Waals surface area contributed by atoms with E-state index in [1.165, 1.54) is 33.7 Å². The van der Waals surface area contributed by atoms with Gasteiger partial charge in [0.15, 0.2) is 0 Å². The number of aromatic nitrogens is 1. The number of aryl methyl sites for hydroxylation is 1. The Kier molecular flexibility index (Phi) is 34.0. The number of rotatable bonds is 4. The summed E-state index contributed by atoms with van der Waals surface area (Å²) in [5.41, 5.74) is 3.78. The molecule has 7 heteroatoms. The molecule has 138 valence electrons. The Morgan fingerprint density at radius 3 is 1.74 bits per heavy atom. The molecule has 1 aromatic carbocycles. The summed E-state index contributed by atoms with van der Waals surface area (Å²) in [5.74, 6) is 0. The first-order valence-corrected chi connectivity index (χ1v) is 7.74. The fraction of sp³-hybridized carbons (Fsp3) is 0.200. The van der Waals surface area contributed by atoms with Crippen molar-refractivity contribution in [1.82, 2.24) is 4.98 Å². The van der Waals surface area contributed by atoms with Crippen molar-refractivity contribution in [3.63, 3.8) is 0 Å². The van der Waals surface area contributed by atoms with E-state index in [0.29, 0.717) is 0 Å². The molecular weight excluding hydrogens is 386 g/mol. The standard InChI is InChI=1S/C15H17N.5CO.Cr/c1-2-3-7-13-10-11-15(16-12-13)14-8-5-4-6-9-14;5*1-2;/h4-6,8-9,11-12,16H,2-3,7H2,1H3;;;;;;. The second-order valence-electron chi connectivity index (χ2n) is 4.21. The van der Waals surface area contributed by atoms with E-state index in [1.54, 1.807) is 0 Å². The van der Waals surface area contributed by atoms with Crippen LogP contribution in [-0.2, 0) is 45.5 Å². The van der Waals surface area contributed by atoms with E-state index in [4.69, 9.17) is 23.3 Å². The van der Waals surface area contributed by atoms with Crippen molar-refractivity contribution in [1.29, 1.82) is 0 Å². The SMILES string of the molecule is CCCCc1c[nH]c(-c2ccccc2)c[c]1=[Cr].[C-]#[O+].[C-]#[O+].[C-]#[O+].[C-]#[O+].[C-]#[O+]. The molecule has 0 bridgehead atoms. The van der Waals surface area contributed by atoms with Gasteiger partial charge >= 0.3 is 167 Å². The molecule has 0 unspecified atom stereocenters. The fourth-order valence-electron chi connectivity index (χ4n) is 1.85. The second kappa shape index (κ2) is 28.4. The Morgan fingerprint density at radius 2 is 1.33 bits per heavy atom. The number of aromatic amines is 1.